The van der Waals surface area contributed by atoms with E-state index >= 15 is 0 Å². The summed E-state index contributed by atoms with van der Waals surface area (Å²) in [6, 6.07) is 7.11. The van der Waals surface area contributed by atoms with Crippen molar-refractivity contribution in [2.24, 2.45) is 0 Å². The molecule has 0 atom stereocenters. The Morgan fingerprint density at radius 3 is 2.84 bits per heavy atom. The van der Waals surface area contributed by atoms with Gasteiger partial charge in [0.2, 0.25) is 0 Å². The summed E-state index contributed by atoms with van der Waals surface area (Å²) in [5.41, 5.74) is 1.71. The van der Waals surface area contributed by atoms with Crippen molar-refractivity contribution in [1.29, 1.82) is 0 Å². The molecule has 2 aromatic rings. The normalized spacial score (nSPS) is 10.3. The molecular formula is C14H14ClNO3. The number of aromatic nitrogens is 1. The van der Waals surface area contributed by atoms with E-state index in [0.717, 1.165) is 0 Å². The van der Waals surface area contributed by atoms with Crippen molar-refractivity contribution in [3.8, 4) is 16.9 Å². The third kappa shape index (κ3) is 2.58. The zero-order valence-corrected chi connectivity index (χ0v) is 11.5. The van der Waals surface area contributed by atoms with Crippen LogP contribution in [-0.4, -0.2) is 24.7 Å². The van der Waals surface area contributed by atoms with Crippen molar-refractivity contribution in [1.82, 2.24) is 4.98 Å². The molecule has 2 rings (SSSR count). The molecular weight excluding hydrogens is 266 g/mol. The van der Waals surface area contributed by atoms with E-state index in [2.05, 4.69) is 4.98 Å². The number of carbonyl (C=O) groups excluding carboxylic acids is 1. The van der Waals surface area contributed by atoms with Crippen LogP contribution in [0.4, 0.5) is 0 Å². The van der Waals surface area contributed by atoms with Gasteiger partial charge in [0.15, 0.2) is 0 Å². The van der Waals surface area contributed by atoms with Gasteiger partial charge in [-0.3, -0.25) is 0 Å². The van der Waals surface area contributed by atoms with Gasteiger partial charge in [0.1, 0.15) is 11.4 Å². The largest absolute Gasteiger partial charge is 0.496 e. The van der Waals surface area contributed by atoms with Crippen LogP contribution in [-0.2, 0) is 4.74 Å². The number of hydrogen-bond donors (Lipinski definition) is 1. The molecule has 0 aliphatic carbocycles. The molecule has 1 aromatic heterocycles. The highest BCUT2D eigenvalue weighted by Crippen LogP contribution is 2.38. The lowest BCUT2D eigenvalue weighted by atomic mass is 10.0. The van der Waals surface area contributed by atoms with E-state index in [4.69, 9.17) is 21.1 Å². The van der Waals surface area contributed by atoms with Gasteiger partial charge in [-0.15, -0.1) is 0 Å². The molecule has 4 nitrogen and oxygen atoms in total. The van der Waals surface area contributed by atoms with E-state index < -0.39 is 5.97 Å². The van der Waals surface area contributed by atoms with Gasteiger partial charge in [-0.25, -0.2) is 4.79 Å². The van der Waals surface area contributed by atoms with Crippen LogP contribution in [0.5, 0.6) is 5.75 Å². The quantitative estimate of drug-likeness (QED) is 0.871. The molecule has 0 saturated heterocycles. The second-order valence-corrected chi connectivity index (χ2v) is 4.21. The lowest BCUT2D eigenvalue weighted by molar-refractivity contribution is 0.0521. The van der Waals surface area contributed by atoms with Gasteiger partial charge >= 0.3 is 5.97 Å². The second kappa shape index (κ2) is 5.80. The molecule has 1 aromatic carbocycles. The number of H-pyrrole nitrogens is 1. The molecule has 1 N–H and O–H groups in total. The molecule has 0 spiro atoms. The Morgan fingerprint density at radius 2 is 2.16 bits per heavy atom. The van der Waals surface area contributed by atoms with Crippen LogP contribution >= 0.6 is 11.6 Å². The Hall–Kier alpha value is -1.94. The van der Waals surface area contributed by atoms with Crippen LogP contribution in [0, 0.1) is 0 Å². The van der Waals surface area contributed by atoms with Crippen LogP contribution in [0.2, 0.25) is 5.02 Å². The number of nitrogens with one attached hydrogen (secondary N) is 1. The Morgan fingerprint density at radius 1 is 1.37 bits per heavy atom. The van der Waals surface area contributed by atoms with Crippen molar-refractivity contribution in [2.75, 3.05) is 13.7 Å². The van der Waals surface area contributed by atoms with Gasteiger partial charge in [0, 0.05) is 17.3 Å². The third-order valence-corrected chi connectivity index (χ3v) is 3.01. The Kier molecular flexibility index (Phi) is 4.12. The molecule has 0 radical (unpaired) electrons. The van der Waals surface area contributed by atoms with E-state index in [1.54, 1.807) is 44.5 Å². The van der Waals surface area contributed by atoms with Gasteiger partial charge in [-0.1, -0.05) is 17.7 Å². The average Bonchev–Trinajstić information content (AvgIpc) is 2.87. The first-order valence-corrected chi connectivity index (χ1v) is 6.24. The maximum absolute atomic E-state index is 11.9. The first-order valence-electron chi connectivity index (χ1n) is 5.86. The highest BCUT2D eigenvalue weighted by atomic mass is 35.5. The van der Waals surface area contributed by atoms with E-state index in [1.807, 2.05) is 0 Å². The van der Waals surface area contributed by atoms with E-state index in [1.165, 1.54) is 0 Å². The van der Waals surface area contributed by atoms with Gasteiger partial charge in [-0.05, 0) is 25.1 Å². The van der Waals surface area contributed by atoms with E-state index in [9.17, 15) is 4.79 Å². The van der Waals surface area contributed by atoms with Crippen LogP contribution < -0.4 is 4.74 Å². The molecule has 0 aliphatic rings. The smallest absolute Gasteiger partial charge is 0.355 e. The zero-order chi connectivity index (χ0) is 13.8. The molecule has 0 bridgehead atoms. The van der Waals surface area contributed by atoms with Crippen molar-refractivity contribution >= 4 is 17.6 Å². The number of carbonyl (C=O) groups is 1. The molecule has 0 unspecified atom stereocenters. The summed E-state index contributed by atoms with van der Waals surface area (Å²) in [6.45, 7) is 2.08. The highest BCUT2D eigenvalue weighted by molar-refractivity contribution is 6.34. The predicted octanol–water partition coefficient (Wildman–Crippen LogP) is 3.52. The number of aromatic amines is 1. The summed E-state index contributed by atoms with van der Waals surface area (Å²) >= 11 is 6.21. The van der Waals surface area contributed by atoms with Crippen molar-refractivity contribution in [3.63, 3.8) is 0 Å². The minimum atomic E-state index is -0.413. The van der Waals surface area contributed by atoms with Gasteiger partial charge < -0.3 is 14.5 Å². The minimum Gasteiger partial charge on any atom is -0.496 e. The van der Waals surface area contributed by atoms with Gasteiger partial charge in [-0.2, -0.15) is 0 Å². The van der Waals surface area contributed by atoms with Crippen LogP contribution in [0.3, 0.4) is 0 Å². The number of methoxy groups -OCH3 is 1. The summed E-state index contributed by atoms with van der Waals surface area (Å²) in [6.07, 6.45) is 1.67. The Labute approximate surface area is 116 Å². The van der Waals surface area contributed by atoms with Crippen molar-refractivity contribution < 1.29 is 14.3 Å². The second-order valence-electron chi connectivity index (χ2n) is 3.80. The number of hydrogen-bond acceptors (Lipinski definition) is 3. The number of esters is 1. The lowest BCUT2D eigenvalue weighted by Crippen LogP contribution is -2.06. The summed E-state index contributed by atoms with van der Waals surface area (Å²) in [7, 11) is 1.56. The van der Waals surface area contributed by atoms with Crippen molar-refractivity contribution in [3.05, 3.63) is 41.2 Å². The third-order valence-electron chi connectivity index (χ3n) is 2.69. The standard InChI is InChI=1S/C14H14ClNO3/c1-3-19-14(17)13-9(7-8-16-13)12-10(15)5-4-6-11(12)18-2/h4-8,16H,3H2,1-2H3. The lowest BCUT2D eigenvalue weighted by Gasteiger charge is -2.10. The fourth-order valence-electron chi connectivity index (χ4n) is 1.89. The number of rotatable bonds is 4. The van der Waals surface area contributed by atoms with Gasteiger partial charge in [0.25, 0.3) is 0 Å². The minimum absolute atomic E-state index is 0.316. The van der Waals surface area contributed by atoms with E-state index in [-0.39, 0.29) is 0 Å². The molecule has 100 valence electrons. The maximum Gasteiger partial charge on any atom is 0.355 e. The zero-order valence-electron chi connectivity index (χ0n) is 10.7. The van der Waals surface area contributed by atoms with Gasteiger partial charge in [0.05, 0.1) is 18.7 Å². The monoisotopic (exact) mass is 279 g/mol. The first-order chi connectivity index (χ1) is 9.19. The van der Waals surface area contributed by atoms with Crippen LogP contribution in [0.1, 0.15) is 17.4 Å². The first kappa shape index (κ1) is 13.5. The summed E-state index contributed by atoms with van der Waals surface area (Å²) in [4.78, 5) is 14.8. The molecule has 1 heterocycles. The summed E-state index contributed by atoms with van der Waals surface area (Å²) in [5, 5.41) is 0.518. The van der Waals surface area contributed by atoms with Crippen LogP contribution in [0.25, 0.3) is 11.1 Å². The fourth-order valence-corrected chi connectivity index (χ4v) is 2.15. The summed E-state index contributed by atoms with van der Waals surface area (Å²) < 4.78 is 10.3. The molecule has 19 heavy (non-hydrogen) atoms. The molecule has 0 aliphatic heterocycles. The molecule has 0 saturated carbocycles. The van der Waals surface area contributed by atoms with Crippen molar-refractivity contribution in [2.45, 2.75) is 6.92 Å². The number of benzene rings is 1. The number of halogens is 1. The predicted molar refractivity (Wildman–Crippen MR) is 73.7 cm³/mol. The maximum atomic E-state index is 11.9. The highest BCUT2D eigenvalue weighted by Gasteiger charge is 2.20. The summed E-state index contributed by atoms with van der Waals surface area (Å²) in [5.74, 6) is 0.196. The fraction of sp³-hybridized carbons (Fsp3) is 0.214. The van der Waals surface area contributed by atoms with Crippen LogP contribution in [0.15, 0.2) is 30.5 Å². The number of ether oxygens (including phenoxy) is 2. The van der Waals surface area contributed by atoms with E-state index in [0.29, 0.717) is 34.2 Å². The Bertz CT molecular complexity index is 592. The Balaban J connectivity index is 2.54. The molecule has 0 amide bonds. The average molecular weight is 280 g/mol. The molecule has 5 heteroatoms. The molecule has 0 fully saturated rings. The SMILES string of the molecule is CCOC(=O)c1[nH]ccc1-c1c(Cl)cccc1OC. The topological polar surface area (TPSA) is 51.3 Å².